The molecule has 0 saturated heterocycles. The molecular weight excluding hydrogens is 378 g/mol. The van der Waals surface area contributed by atoms with E-state index in [1.807, 2.05) is 38.1 Å². The lowest BCUT2D eigenvalue weighted by atomic mass is 10.2. The maximum Gasteiger partial charge on any atom is 0.238 e. The zero-order valence-electron chi connectivity index (χ0n) is 16.2. The van der Waals surface area contributed by atoms with Crippen molar-refractivity contribution in [3.63, 3.8) is 0 Å². The molecule has 0 aliphatic carbocycles. The summed E-state index contributed by atoms with van der Waals surface area (Å²) in [5.74, 6) is 7.89. The minimum Gasteiger partial charge on any atom is -0.497 e. The molecule has 1 amide bonds. The average Bonchev–Trinajstić information content (AvgIpc) is 3.29. The number of rotatable bonds is 7. The van der Waals surface area contributed by atoms with Crippen molar-refractivity contribution in [2.75, 3.05) is 18.3 Å². The van der Waals surface area contributed by atoms with Crippen molar-refractivity contribution in [3.05, 3.63) is 36.5 Å². The summed E-state index contributed by atoms with van der Waals surface area (Å²) in [6, 6.07) is 9.26. The number of thioether (sulfide) groups is 1. The van der Waals surface area contributed by atoms with E-state index in [4.69, 9.17) is 10.6 Å². The molecular formula is C18H23N7O2S. The molecule has 9 nitrogen and oxygen atoms in total. The average molecular weight is 401 g/mol. The van der Waals surface area contributed by atoms with Crippen molar-refractivity contribution in [1.29, 1.82) is 0 Å². The van der Waals surface area contributed by atoms with Crippen LogP contribution in [0.5, 0.6) is 5.75 Å². The highest BCUT2D eigenvalue weighted by Crippen LogP contribution is 2.26. The first kappa shape index (κ1) is 19.7. The van der Waals surface area contributed by atoms with Gasteiger partial charge in [-0.15, -0.1) is 10.2 Å². The maximum atomic E-state index is 12.6. The molecule has 1 aromatic carbocycles. The Labute approximate surface area is 167 Å². The largest absolute Gasteiger partial charge is 0.497 e. The standard InChI is InChI=1S/C18H23N7O2S/c1-11(2)25-15(9-10-20-25)21-17(26)12(3)28-18-23-22-16(24(18)19)13-5-7-14(27-4)8-6-13/h5-12H,19H2,1-4H3,(H,21,26). The summed E-state index contributed by atoms with van der Waals surface area (Å²) in [6.45, 7) is 5.79. The number of amides is 1. The van der Waals surface area contributed by atoms with Gasteiger partial charge in [0, 0.05) is 17.7 Å². The van der Waals surface area contributed by atoms with Crippen LogP contribution in [0.4, 0.5) is 5.82 Å². The van der Waals surface area contributed by atoms with Crippen LogP contribution in [0.15, 0.2) is 41.7 Å². The van der Waals surface area contributed by atoms with Gasteiger partial charge in [-0.25, -0.2) is 9.36 Å². The van der Waals surface area contributed by atoms with E-state index >= 15 is 0 Å². The Morgan fingerprint density at radius 2 is 1.89 bits per heavy atom. The highest BCUT2D eigenvalue weighted by Gasteiger charge is 2.21. The van der Waals surface area contributed by atoms with Crippen LogP contribution in [-0.4, -0.2) is 42.9 Å². The molecule has 0 radical (unpaired) electrons. The number of carbonyl (C=O) groups is 1. The lowest BCUT2D eigenvalue weighted by molar-refractivity contribution is -0.115. The number of hydrogen-bond acceptors (Lipinski definition) is 7. The van der Waals surface area contributed by atoms with Crippen LogP contribution in [0, 0.1) is 0 Å². The van der Waals surface area contributed by atoms with Crippen molar-refractivity contribution < 1.29 is 9.53 Å². The van der Waals surface area contributed by atoms with E-state index in [0.29, 0.717) is 16.8 Å². The fourth-order valence-corrected chi connectivity index (χ4v) is 3.33. The van der Waals surface area contributed by atoms with E-state index in [1.54, 1.807) is 31.0 Å². The monoisotopic (exact) mass is 401 g/mol. The zero-order valence-corrected chi connectivity index (χ0v) is 17.0. The molecule has 148 valence electrons. The summed E-state index contributed by atoms with van der Waals surface area (Å²) in [5.41, 5.74) is 0.806. The first-order chi connectivity index (χ1) is 13.4. The second-order valence-electron chi connectivity index (χ2n) is 6.41. The first-order valence-corrected chi connectivity index (χ1v) is 9.64. The Hall–Kier alpha value is -3.01. The first-order valence-electron chi connectivity index (χ1n) is 8.76. The van der Waals surface area contributed by atoms with Crippen LogP contribution >= 0.6 is 11.8 Å². The van der Waals surface area contributed by atoms with Crippen LogP contribution in [0.25, 0.3) is 11.4 Å². The molecule has 28 heavy (non-hydrogen) atoms. The normalized spacial score (nSPS) is 12.2. The number of hydrogen-bond donors (Lipinski definition) is 2. The van der Waals surface area contributed by atoms with Gasteiger partial charge in [0.1, 0.15) is 11.6 Å². The predicted octanol–water partition coefficient (Wildman–Crippen LogP) is 2.56. The van der Waals surface area contributed by atoms with Gasteiger partial charge < -0.3 is 15.9 Å². The van der Waals surface area contributed by atoms with Gasteiger partial charge in [0.25, 0.3) is 0 Å². The number of methoxy groups -OCH3 is 1. The summed E-state index contributed by atoms with van der Waals surface area (Å²) in [4.78, 5) is 12.6. The number of nitrogens with one attached hydrogen (secondary N) is 1. The van der Waals surface area contributed by atoms with Gasteiger partial charge >= 0.3 is 0 Å². The fraction of sp³-hybridized carbons (Fsp3) is 0.333. The molecule has 0 aliphatic rings. The van der Waals surface area contributed by atoms with Crippen LogP contribution < -0.4 is 15.9 Å². The SMILES string of the molecule is COc1ccc(-c2nnc(SC(C)C(=O)Nc3ccnn3C(C)C)n2N)cc1. The Morgan fingerprint density at radius 3 is 2.54 bits per heavy atom. The molecule has 0 bridgehead atoms. The third-order valence-electron chi connectivity index (χ3n) is 4.07. The molecule has 0 spiro atoms. The van der Waals surface area contributed by atoms with Crippen molar-refractivity contribution in [2.24, 2.45) is 0 Å². The van der Waals surface area contributed by atoms with Gasteiger partial charge in [-0.3, -0.25) is 4.79 Å². The third kappa shape index (κ3) is 4.11. The maximum absolute atomic E-state index is 12.6. The molecule has 0 aliphatic heterocycles. The zero-order chi connectivity index (χ0) is 20.3. The second-order valence-corrected chi connectivity index (χ2v) is 7.72. The molecule has 0 fully saturated rings. The molecule has 10 heteroatoms. The van der Waals surface area contributed by atoms with E-state index in [0.717, 1.165) is 11.3 Å². The Bertz CT molecular complexity index is 949. The molecule has 2 heterocycles. The quantitative estimate of drug-likeness (QED) is 0.462. The number of nitrogen functional groups attached to an aromatic ring is 1. The number of ether oxygens (including phenoxy) is 1. The number of carbonyl (C=O) groups excluding carboxylic acids is 1. The van der Waals surface area contributed by atoms with Crippen molar-refractivity contribution >= 4 is 23.5 Å². The third-order valence-corrected chi connectivity index (χ3v) is 5.13. The molecule has 1 atom stereocenters. The van der Waals surface area contributed by atoms with Crippen molar-refractivity contribution in [2.45, 2.75) is 37.2 Å². The number of nitrogens with zero attached hydrogens (tertiary/aromatic N) is 5. The summed E-state index contributed by atoms with van der Waals surface area (Å²) in [6.07, 6.45) is 1.66. The molecule has 2 aromatic heterocycles. The van der Waals surface area contributed by atoms with Gasteiger partial charge in [-0.05, 0) is 45.0 Å². The van der Waals surface area contributed by atoms with Gasteiger partial charge in [-0.1, -0.05) is 11.8 Å². The number of benzene rings is 1. The number of nitrogens with two attached hydrogens (primary N) is 1. The number of aromatic nitrogens is 5. The smallest absolute Gasteiger partial charge is 0.238 e. The molecule has 3 rings (SSSR count). The Morgan fingerprint density at radius 1 is 1.18 bits per heavy atom. The Kier molecular flexibility index (Phi) is 5.88. The van der Waals surface area contributed by atoms with E-state index in [-0.39, 0.29) is 11.9 Å². The van der Waals surface area contributed by atoms with E-state index < -0.39 is 5.25 Å². The predicted molar refractivity (Wildman–Crippen MR) is 109 cm³/mol. The number of anilines is 1. The van der Waals surface area contributed by atoms with Gasteiger partial charge in [0.15, 0.2) is 5.82 Å². The second kappa shape index (κ2) is 8.34. The summed E-state index contributed by atoms with van der Waals surface area (Å²) in [7, 11) is 1.61. The molecule has 3 aromatic rings. The van der Waals surface area contributed by atoms with Gasteiger partial charge in [-0.2, -0.15) is 5.10 Å². The minimum atomic E-state index is -0.425. The van der Waals surface area contributed by atoms with E-state index in [2.05, 4.69) is 20.6 Å². The van der Waals surface area contributed by atoms with Crippen molar-refractivity contribution in [3.8, 4) is 17.1 Å². The molecule has 3 N–H and O–H groups in total. The van der Waals surface area contributed by atoms with Gasteiger partial charge in [0.2, 0.25) is 11.1 Å². The van der Waals surface area contributed by atoms with Crippen LogP contribution in [-0.2, 0) is 4.79 Å². The van der Waals surface area contributed by atoms with Crippen LogP contribution in [0.3, 0.4) is 0 Å². The topological polar surface area (TPSA) is 113 Å². The molecule has 1 unspecified atom stereocenters. The van der Waals surface area contributed by atoms with Gasteiger partial charge in [0.05, 0.1) is 18.6 Å². The summed E-state index contributed by atoms with van der Waals surface area (Å²) in [5, 5.41) is 15.4. The minimum absolute atomic E-state index is 0.146. The van der Waals surface area contributed by atoms with Crippen molar-refractivity contribution in [1.82, 2.24) is 24.7 Å². The lowest BCUT2D eigenvalue weighted by Gasteiger charge is -2.14. The highest BCUT2D eigenvalue weighted by molar-refractivity contribution is 8.00. The lowest BCUT2D eigenvalue weighted by Crippen LogP contribution is -2.25. The summed E-state index contributed by atoms with van der Waals surface area (Å²) < 4.78 is 8.29. The summed E-state index contributed by atoms with van der Waals surface area (Å²) >= 11 is 1.24. The fourth-order valence-electron chi connectivity index (χ4n) is 2.56. The van der Waals surface area contributed by atoms with E-state index in [1.165, 1.54) is 16.4 Å². The molecule has 0 saturated carbocycles. The Balaban J connectivity index is 1.70. The highest BCUT2D eigenvalue weighted by atomic mass is 32.2. The van der Waals surface area contributed by atoms with E-state index in [9.17, 15) is 4.79 Å². The van der Waals surface area contributed by atoms with Crippen LogP contribution in [0.2, 0.25) is 0 Å². The van der Waals surface area contributed by atoms with Crippen LogP contribution in [0.1, 0.15) is 26.8 Å².